The topological polar surface area (TPSA) is 32.3 Å². The third-order valence-electron chi connectivity index (χ3n) is 5.09. The average molecular weight is 373 g/mol. The minimum absolute atomic E-state index is 0.147. The van der Waals surface area contributed by atoms with Crippen molar-refractivity contribution < 1.29 is 4.79 Å². The first-order chi connectivity index (χ1) is 13.7. The highest BCUT2D eigenvalue weighted by atomic mass is 16.2. The highest BCUT2D eigenvalue weighted by molar-refractivity contribution is 5.85. The number of nitrogens with one attached hydrogen (secondary N) is 1. The third kappa shape index (κ3) is 4.61. The molecule has 0 unspecified atom stereocenters. The van der Waals surface area contributed by atoms with E-state index < -0.39 is 0 Å². The minimum atomic E-state index is -0.316. The van der Waals surface area contributed by atoms with Crippen molar-refractivity contribution in [3.63, 3.8) is 0 Å². The minimum Gasteiger partial charge on any atom is -0.377 e. The maximum Gasteiger partial charge on any atom is 0.232 e. The standard InChI is InChI=1S/C25H28N2O/c1-3-27(4-2)25(28)23(20-14-8-5-9-15-20)24(21-16-10-6-11-17-21)26-22-18-12-7-13-19-22/h5-19,23-24,26H,3-4H2,1-2H3/t23-,24-/m1/s1. The molecule has 0 fully saturated rings. The number of likely N-dealkylation sites (N-methyl/N-ethyl adjacent to an activating group) is 1. The number of anilines is 1. The molecule has 3 aromatic carbocycles. The normalized spacial score (nSPS) is 12.8. The highest BCUT2D eigenvalue weighted by Crippen LogP contribution is 2.35. The first kappa shape index (κ1) is 19.7. The van der Waals surface area contributed by atoms with Gasteiger partial charge in [-0.25, -0.2) is 0 Å². The van der Waals surface area contributed by atoms with Gasteiger partial charge < -0.3 is 10.2 Å². The maximum absolute atomic E-state index is 13.6. The van der Waals surface area contributed by atoms with Gasteiger partial charge in [0.15, 0.2) is 0 Å². The summed E-state index contributed by atoms with van der Waals surface area (Å²) >= 11 is 0. The Kier molecular flexibility index (Phi) is 6.85. The summed E-state index contributed by atoms with van der Waals surface area (Å²) in [6.45, 7) is 5.47. The van der Waals surface area contributed by atoms with E-state index in [9.17, 15) is 4.79 Å². The largest absolute Gasteiger partial charge is 0.377 e. The molecular weight excluding hydrogens is 344 g/mol. The van der Waals surface area contributed by atoms with E-state index in [0.29, 0.717) is 13.1 Å². The molecule has 1 amide bonds. The van der Waals surface area contributed by atoms with Gasteiger partial charge in [-0.15, -0.1) is 0 Å². The van der Waals surface area contributed by atoms with Crippen LogP contribution in [0.3, 0.4) is 0 Å². The molecule has 0 spiro atoms. The summed E-state index contributed by atoms with van der Waals surface area (Å²) < 4.78 is 0. The molecule has 0 bridgehead atoms. The van der Waals surface area contributed by atoms with Crippen molar-refractivity contribution >= 4 is 11.6 Å². The van der Waals surface area contributed by atoms with Gasteiger partial charge >= 0.3 is 0 Å². The average Bonchev–Trinajstić information content (AvgIpc) is 2.76. The first-order valence-electron chi connectivity index (χ1n) is 9.94. The Morgan fingerprint density at radius 3 is 1.71 bits per heavy atom. The molecule has 0 saturated carbocycles. The van der Waals surface area contributed by atoms with E-state index in [4.69, 9.17) is 0 Å². The Bertz CT molecular complexity index is 845. The van der Waals surface area contributed by atoms with E-state index in [2.05, 4.69) is 29.6 Å². The van der Waals surface area contributed by atoms with Gasteiger partial charge in [0, 0.05) is 18.8 Å². The van der Waals surface area contributed by atoms with Crippen LogP contribution in [0.2, 0.25) is 0 Å². The van der Waals surface area contributed by atoms with Gasteiger partial charge in [0.05, 0.1) is 12.0 Å². The zero-order chi connectivity index (χ0) is 19.8. The molecule has 3 rings (SSSR count). The molecule has 2 atom stereocenters. The summed E-state index contributed by atoms with van der Waals surface area (Å²) in [4.78, 5) is 15.5. The highest BCUT2D eigenvalue weighted by Gasteiger charge is 2.33. The number of hydrogen-bond acceptors (Lipinski definition) is 2. The summed E-state index contributed by atoms with van der Waals surface area (Å²) in [6.07, 6.45) is 0. The van der Waals surface area contributed by atoms with Gasteiger partial charge in [0.2, 0.25) is 5.91 Å². The van der Waals surface area contributed by atoms with E-state index >= 15 is 0 Å². The van der Waals surface area contributed by atoms with Crippen molar-refractivity contribution in [1.82, 2.24) is 4.90 Å². The predicted molar refractivity (Wildman–Crippen MR) is 116 cm³/mol. The van der Waals surface area contributed by atoms with Crippen LogP contribution in [0.1, 0.15) is 36.9 Å². The van der Waals surface area contributed by atoms with E-state index in [1.165, 1.54) is 0 Å². The molecule has 0 heterocycles. The molecule has 0 saturated heterocycles. The second kappa shape index (κ2) is 9.75. The van der Waals surface area contributed by atoms with Crippen LogP contribution in [0.25, 0.3) is 0 Å². The van der Waals surface area contributed by atoms with Crippen LogP contribution in [0.5, 0.6) is 0 Å². The van der Waals surface area contributed by atoms with E-state index in [1.807, 2.05) is 85.5 Å². The predicted octanol–water partition coefficient (Wildman–Crippen LogP) is 5.49. The van der Waals surface area contributed by atoms with Crippen molar-refractivity contribution in [3.05, 3.63) is 102 Å². The molecule has 3 nitrogen and oxygen atoms in total. The Labute approximate surface area is 168 Å². The molecule has 0 radical (unpaired) electrons. The fraction of sp³-hybridized carbons (Fsp3) is 0.240. The van der Waals surface area contributed by atoms with Crippen LogP contribution in [-0.4, -0.2) is 23.9 Å². The quantitative estimate of drug-likeness (QED) is 0.567. The molecular formula is C25H28N2O. The fourth-order valence-electron chi connectivity index (χ4n) is 3.60. The molecule has 28 heavy (non-hydrogen) atoms. The number of hydrogen-bond donors (Lipinski definition) is 1. The van der Waals surface area contributed by atoms with Gasteiger partial charge in [-0.1, -0.05) is 78.9 Å². The molecule has 0 aliphatic carbocycles. The number of para-hydroxylation sites is 1. The fourth-order valence-corrected chi connectivity index (χ4v) is 3.60. The molecule has 0 aromatic heterocycles. The molecule has 0 aliphatic heterocycles. The van der Waals surface area contributed by atoms with E-state index in [-0.39, 0.29) is 17.9 Å². The lowest BCUT2D eigenvalue weighted by molar-refractivity contribution is -0.132. The molecule has 3 aromatic rings. The van der Waals surface area contributed by atoms with E-state index in [1.54, 1.807) is 0 Å². The number of carbonyl (C=O) groups excluding carboxylic acids is 1. The van der Waals surface area contributed by atoms with Crippen molar-refractivity contribution in [1.29, 1.82) is 0 Å². The van der Waals surface area contributed by atoms with Crippen LogP contribution in [0.15, 0.2) is 91.0 Å². The zero-order valence-corrected chi connectivity index (χ0v) is 16.6. The third-order valence-corrected chi connectivity index (χ3v) is 5.09. The molecule has 0 aliphatic rings. The first-order valence-corrected chi connectivity index (χ1v) is 9.94. The van der Waals surface area contributed by atoms with Crippen LogP contribution >= 0.6 is 0 Å². The summed E-state index contributed by atoms with van der Waals surface area (Å²) in [5, 5.41) is 3.63. The lowest BCUT2D eigenvalue weighted by atomic mass is 9.85. The summed E-state index contributed by atoms with van der Waals surface area (Å²) in [6, 6.07) is 30.3. The SMILES string of the molecule is CCN(CC)C(=O)[C@H](c1ccccc1)[C@H](Nc1ccccc1)c1ccccc1. The van der Waals surface area contributed by atoms with Gasteiger partial charge in [-0.3, -0.25) is 4.79 Å². The van der Waals surface area contributed by atoms with Gasteiger partial charge in [-0.2, -0.15) is 0 Å². The molecule has 3 heteroatoms. The number of benzene rings is 3. The summed E-state index contributed by atoms with van der Waals surface area (Å²) in [7, 11) is 0. The van der Waals surface area contributed by atoms with Crippen molar-refractivity contribution in [2.45, 2.75) is 25.8 Å². The Hall–Kier alpha value is -3.07. The van der Waals surface area contributed by atoms with Crippen molar-refractivity contribution in [2.24, 2.45) is 0 Å². The zero-order valence-electron chi connectivity index (χ0n) is 16.6. The molecule has 144 valence electrons. The van der Waals surface area contributed by atoms with Crippen molar-refractivity contribution in [3.8, 4) is 0 Å². The van der Waals surface area contributed by atoms with Crippen molar-refractivity contribution in [2.75, 3.05) is 18.4 Å². The second-order valence-corrected chi connectivity index (χ2v) is 6.80. The number of rotatable bonds is 8. The number of amides is 1. The van der Waals surface area contributed by atoms with Crippen LogP contribution in [0.4, 0.5) is 5.69 Å². The van der Waals surface area contributed by atoms with Gasteiger partial charge in [0.1, 0.15) is 0 Å². The van der Waals surface area contributed by atoms with E-state index in [0.717, 1.165) is 16.8 Å². The van der Waals surface area contributed by atoms with Crippen LogP contribution in [-0.2, 0) is 4.79 Å². The molecule has 1 N–H and O–H groups in total. The van der Waals surface area contributed by atoms with Crippen LogP contribution in [0, 0.1) is 0 Å². The Morgan fingerprint density at radius 2 is 1.21 bits per heavy atom. The monoisotopic (exact) mass is 372 g/mol. The Morgan fingerprint density at radius 1 is 0.750 bits per heavy atom. The van der Waals surface area contributed by atoms with Gasteiger partial charge in [-0.05, 0) is 37.1 Å². The Balaban J connectivity index is 2.09. The lowest BCUT2D eigenvalue weighted by Crippen LogP contribution is -2.38. The maximum atomic E-state index is 13.6. The van der Waals surface area contributed by atoms with Crippen LogP contribution < -0.4 is 5.32 Å². The summed E-state index contributed by atoms with van der Waals surface area (Å²) in [5.41, 5.74) is 3.13. The van der Waals surface area contributed by atoms with Gasteiger partial charge in [0.25, 0.3) is 0 Å². The lowest BCUT2D eigenvalue weighted by Gasteiger charge is -2.33. The summed E-state index contributed by atoms with van der Waals surface area (Å²) in [5.74, 6) is -0.169. The number of carbonyl (C=O) groups is 1. The second-order valence-electron chi connectivity index (χ2n) is 6.80. The number of nitrogens with zero attached hydrogens (tertiary/aromatic N) is 1. The smallest absolute Gasteiger partial charge is 0.232 e.